The van der Waals surface area contributed by atoms with Crippen molar-refractivity contribution >= 4 is 11.9 Å². The molecule has 1 aliphatic heterocycles. The van der Waals surface area contributed by atoms with Gasteiger partial charge in [-0.3, -0.25) is 0 Å². The van der Waals surface area contributed by atoms with Gasteiger partial charge < -0.3 is 20.1 Å². The van der Waals surface area contributed by atoms with E-state index in [-0.39, 0.29) is 5.60 Å². The van der Waals surface area contributed by atoms with E-state index in [1.165, 1.54) is 0 Å². The number of methoxy groups -OCH3 is 1. The van der Waals surface area contributed by atoms with Crippen molar-refractivity contribution in [2.75, 3.05) is 37.4 Å². The smallest absolute Gasteiger partial charge is 0.322 e. The summed E-state index contributed by atoms with van der Waals surface area (Å²) in [6, 6.07) is 0.304. The van der Waals surface area contributed by atoms with Crippen molar-refractivity contribution < 1.29 is 9.47 Å². The molecule has 0 radical (unpaired) electrons. The molecule has 1 fully saturated rings. The van der Waals surface area contributed by atoms with Gasteiger partial charge in [0.1, 0.15) is 0 Å². The summed E-state index contributed by atoms with van der Waals surface area (Å²) < 4.78 is 10.8. The fourth-order valence-electron chi connectivity index (χ4n) is 2.09. The lowest BCUT2D eigenvalue weighted by molar-refractivity contribution is 0.0314. The summed E-state index contributed by atoms with van der Waals surface area (Å²) in [7, 11) is 1.55. The highest BCUT2D eigenvalue weighted by atomic mass is 16.5. The van der Waals surface area contributed by atoms with Crippen LogP contribution in [0.3, 0.4) is 0 Å². The fraction of sp³-hybridized carbons (Fsp3) is 0.769. The van der Waals surface area contributed by atoms with E-state index in [0.717, 1.165) is 32.4 Å². The molecule has 2 rings (SSSR count). The minimum atomic E-state index is -0.142. The molecule has 0 saturated carbocycles. The van der Waals surface area contributed by atoms with E-state index in [2.05, 4.69) is 39.4 Å². The monoisotopic (exact) mass is 281 g/mol. The van der Waals surface area contributed by atoms with Gasteiger partial charge in [-0.2, -0.15) is 15.0 Å². The minimum absolute atomic E-state index is 0.142. The van der Waals surface area contributed by atoms with Crippen LogP contribution in [0.15, 0.2) is 0 Å². The van der Waals surface area contributed by atoms with Crippen molar-refractivity contribution in [2.24, 2.45) is 0 Å². The number of anilines is 2. The summed E-state index contributed by atoms with van der Waals surface area (Å²) in [5.74, 6) is 1.03. The second-order valence-corrected chi connectivity index (χ2v) is 5.15. The molecule has 1 aromatic rings. The van der Waals surface area contributed by atoms with Crippen LogP contribution in [0.5, 0.6) is 6.01 Å². The van der Waals surface area contributed by atoms with Gasteiger partial charge in [-0.25, -0.2) is 0 Å². The quantitative estimate of drug-likeness (QED) is 0.787. The Balaban J connectivity index is 2.01. The zero-order valence-corrected chi connectivity index (χ0v) is 12.4. The first-order valence-electron chi connectivity index (χ1n) is 7.07. The highest BCUT2D eigenvalue weighted by Crippen LogP contribution is 2.25. The number of hydrogen-bond donors (Lipinski definition) is 2. The molecule has 0 aromatic carbocycles. The number of rotatable bonds is 7. The van der Waals surface area contributed by atoms with Crippen molar-refractivity contribution in [1.82, 2.24) is 15.0 Å². The van der Waals surface area contributed by atoms with Crippen LogP contribution in [0.4, 0.5) is 11.9 Å². The van der Waals surface area contributed by atoms with Crippen molar-refractivity contribution in [3.63, 3.8) is 0 Å². The fourth-order valence-corrected chi connectivity index (χ4v) is 2.09. The molecule has 7 heteroatoms. The van der Waals surface area contributed by atoms with E-state index in [1.807, 2.05) is 0 Å². The van der Waals surface area contributed by atoms with E-state index >= 15 is 0 Å². The average Bonchev–Trinajstić information content (AvgIpc) is 2.90. The Morgan fingerprint density at radius 1 is 1.25 bits per heavy atom. The van der Waals surface area contributed by atoms with Crippen molar-refractivity contribution in [3.8, 4) is 6.01 Å². The molecule has 20 heavy (non-hydrogen) atoms. The molecule has 1 atom stereocenters. The third-order valence-corrected chi connectivity index (χ3v) is 3.25. The normalized spacial score (nSPS) is 21.8. The third-order valence-electron chi connectivity index (χ3n) is 3.25. The van der Waals surface area contributed by atoms with Crippen LogP contribution < -0.4 is 15.4 Å². The molecule has 2 heterocycles. The molecule has 0 spiro atoms. The number of aromatic nitrogens is 3. The number of nitrogens with one attached hydrogen (secondary N) is 2. The highest BCUT2D eigenvalue weighted by Gasteiger charge is 2.29. The summed E-state index contributed by atoms with van der Waals surface area (Å²) in [6.07, 6.45) is 3.15. The second-order valence-electron chi connectivity index (χ2n) is 5.15. The summed E-state index contributed by atoms with van der Waals surface area (Å²) >= 11 is 0. The minimum Gasteiger partial charge on any atom is -0.467 e. The van der Waals surface area contributed by atoms with Gasteiger partial charge in [0, 0.05) is 19.7 Å². The molecule has 1 saturated heterocycles. The molecule has 0 amide bonds. The summed E-state index contributed by atoms with van der Waals surface area (Å²) in [6.45, 7) is 6.49. The lowest BCUT2D eigenvalue weighted by atomic mass is 10.0. The zero-order chi connectivity index (χ0) is 14.4. The second kappa shape index (κ2) is 6.69. The van der Waals surface area contributed by atoms with Crippen LogP contribution in [0.2, 0.25) is 0 Å². The Bertz CT molecular complexity index is 435. The maximum Gasteiger partial charge on any atom is 0.322 e. The van der Waals surface area contributed by atoms with E-state index in [1.54, 1.807) is 7.11 Å². The maximum absolute atomic E-state index is 5.73. The van der Waals surface area contributed by atoms with Gasteiger partial charge in [-0.1, -0.05) is 6.92 Å². The molecule has 2 N–H and O–H groups in total. The molecule has 1 aromatic heterocycles. The maximum atomic E-state index is 5.73. The van der Waals surface area contributed by atoms with E-state index in [4.69, 9.17) is 9.47 Å². The van der Waals surface area contributed by atoms with Crippen LogP contribution in [0, 0.1) is 0 Å². The number of nitrogens with zero attached hydrogens (tertiary/aromatic N) is 3. The Morgan fingerprint density at radius 3 is 2.60 bits per heavy atom. The zero-order valence-electron chi connectivity index (χ0n) is 12.4. The molecule has 0 aliphatic carbocycles. The van der Waals surface area contributed by atoms with Crippen molar-refractivity contribution in [1.29, 1.82) is 0 Å². The SMILES string of the molecule is CCCNc1nc(NCC2(C)CCCO2)nc(OC)n1. The van der Waals surface area contributed by atoms with Crippen molar-refractivity contribution in [2.45, 2.75) is 38.7 Å². The Kier molecular flexibility index (Phi) is 4.94. The summed E-state index contributed by atoms with van der Waals surface area (Å²) in [5, 5.41) is 6.34. The van der Waals surface area contributed by atoms with E-state index in [0.29, 0.717) is 24.5 Å². The summed E-state index contributed by atoms with van der Waals surface area (Å²) in [4.78, 5) is 12.7. The Labute approximate surface area is 119 Å². The van der Waals surface area contributed by atoms with Crippen LogP contribution in [-0.4, -0.2) is 47.4 Å². The van der Waals surface area contributed by atoms with E-state index in [9.17, 15) is 0 Å². The number of hydrogen-bond acceptors (Lipinski definition) is 7. The standard InChI is InChI=1S/C13H23N5O2/c1-4-7-14-10-16-11(18-12(17-10)19-3)15-9-13(2)6-5-8-20-13/h4-9H2,1-3H3,(H2,14,15,16,17,18). The van der Waals surface area contributed by atoms with Crippen LogP contribution in [-0.2, 0) is 4.74 Å². The molecular weight excluding hydrogens is 258 g/mol. The molecule has 7 nitrogen and oxygen atoms in total. The largest absolute Gasteiger partial charge is 0.467 e. The lowest BCUT2D eigenvalue weighted by Crippen LogP contribution is -2.33. The predicted molar refractivity (Wildman–Crippen MR) is 77.2 cm³/mol. The first kappa shape index (κ1) is 14.8. The van der Waals surface area contributed by atoms with Gasteiger partial charge in [0.2, 0.25) is 11.9 Å². The predicted octanol–water partition coefficient (Wildman–Crippen LogP) is 1.68. The molecule has 112 valence electrons. The third kappa shape index (κ3) is 3.93. The van der Waals surface area contributed by atoms with Gasteiger partial charge in [0.15, 0.2) is 0 Å². The highest BCUT2D eigenvalue weighted by molar-refractivity contribution is 5.36. The van der Waals surface area contributed by atoms with Crippen LogP contribution >= 0.6 is 0 Å². The molecule has 0 bridgehead atoms. The van der Waals surface area contributed by atoms with Gasteiger partial charge in [-0.05, 0) is 26.2 Å². The topological polar surface area (TPSA) is 81.2 Å². The number of ether oxygens (including phenoxy) is 2. The van der Waals surface area contributed by atoms with Gasteiger partial charge >= 0.3 is 6.01 Å². The molecular formula is C13H23N5O2. The molecule has 1 aliphatic rings. The van der Waals surface area contributed by atoms with E-state index < -0.39 is 0 Å². The van der Waals surface area contributed by atoms with Crippen LogP contribution in [0.1, 0.15) is 33.1 Å². The molecule has 1 unspecified atom stereocenters. The first-order chi connectivity index (χ1) is 9.65. The average molecular weight is 281 g/mol. The first-order valence-corrected chi connectivity index (χ1v) is 7.07. The van der Waals surface area contributed by atoms with Crippen LogP contribution in [0.25, 0.3) is 0 Å². The van der Waals surface area contributed by atoms with Gasteiger partial charge in [-0.15, -0.1) is 0 Å². The van der Waals surface area contributed by atoms with Gasteiger partial charge in [0.05, 0.1) is 12.7 Å². The Morgan fingerprint density at radius 2 is 2.00 bits per heavy atom. The summed E-state index contributed by atoms with van der Waals surface area (Å²) in [5.41, 5.74) is -0.142. The van der Waals surface area contributed by atoms with Crippen molar-refractivity contribution in [3.05, 3.63) is 0 Å². The lowest BCUT2D eigenvalue weighted by Gasteiger charge is -2.23. The Hall–Kier alpha value is -1.63. The van der Waals surface area contributed by atoms with Gasteiger partial charge in [0.25, 0.3) is 0 Å².